The normalized spacial score (nSPS) is 10.0. The van der Waals surface area contributed by atoms with Crippen LogP contribution < -0.4 is 9.47 Å². The summed E-state index contributed by atoms with van der Waals surface area (Å²) >= 11 is 0. The van der Waals surface area contributed by atoms with Crippen molar-refractivity contribution in [3.8, 4) is 11.5 Å². The Labute approximate surface area is 132 Å². The maximum absolute atomic E-state index is 12.8. The van der Waals surface area contributed by atoms with Gasteiger partial charge in [-0.15, -0.1) is 0 Å². The molecule has 0 unspecified atom stereocenters. The Kier molecular flexibility index (Phi) is 5.30. The Morgan fingerprint density at radius 3 is 2.13 bits per heavy atom. The van der Waals surface area contributed by atoms with E-state index in [-0.39, 0.29) is 11.3 Å². The van der Waals surface area contributed by atoms with Gasteiger partial charge in [0.05, 0.1) is 19.8 Å². The number of hydrogen-bond acceptors (Lipinski definition) is 5. The van der Waals surface area contributed by atoms with Crippen LogP contribution >= 0.6 is 0 Å². The largest absolute Gasteiger partial charge is 0.493 e. The third kappa shape index (κ3) is 4.06. The maximum atomic E-state index is 12.8. The van der Waals surface area contributed by atoms with Crippen molar-refractivity contribution in [2.45, 2.75) is 0 Å². The molecule has 0 radical (unpaired) electrons. The van der Waals surface area contributed by atoms with E-state index in [2.05, 4.69) is 0 Å². The van der Waals surface area contributed by atoms with Crippen molar-refractivity contribution in [1.82, 2.24) is 0 Å². The maximum Gasteiger partial charge on any atom is 0.338 e. The lowest BCUT2D eigenvalue weighted by molar-refractivity contribution is 0.0474. The number of benzene rings is 2. The van der Waals surface area contributed by atoms with Crippen LogP contribution in [0.15, 0.2) is 42.5 Å². The summed E-state index contributed by atoms with van der Waals surface area (Å²) in [7, 11) is 2.95. The molecule has 2 aromatic carbocycles. The minimum absolute atomic E-state index is 0.173. The monoisotopic (exact) mass is 318 g/mol. The molecule has 0 saturated carbocycles. The standard InChI is InChI=1S/C17H15FO5/c1-21-15-8-5-12(9-16(15)22-2)14(19)10-23-17(20)11-3-6-13(18)7-4-11/h3-9H,10H2,1-2H3. The van der Waals surface area contributed by atoms with E-state index in [1.165, 1.54) is 32.4 Å². The third-order valence-corrected chi connectivity index (χ3v) is 3.12. The van der Waals surface area contributed by atoms with E-state index < -0.39 is 18.4 Å². The Balaban J connectivity index is 2.02. The molecule has 0 aliphatic heterocycles. The van der Waals surface area contributed by atoms with Crippen molar-refractivity contribution in [3.63, 3.8) is 0 Å². The molecule has 0 fully saturated rings. The smallest absolute Gasteiger partial charge is 0.338 e. The third-order valence-electron chi connectivity index (χ3n) is 3.12. The first kappa shape index (κ1) is 16.5. The number of halogens is 1. The second kappa shape index (κ2) is 7.40. The minimum atomic E-state index is -0.696. The number of esters is 1. The van der Waals surface area contributed by atoms with Gasteiger partial charge in [-0.25, -0.2) is 9.18 Å². The van der Waals surface area contributed by atoms with Crippen LogP contribution in [0.3, 0.4) is 0 Å². The van der Waals surface area contributed by atoms with Gasteiger partial charge in [-0.3, -0.25) is 4.79 Å². The van der Waals surface area contributed by atoms with Crippen molar-refractivity contribution in [2.75, 3.05) is 20.8 Å². The fourth-order valence-corrected chi connectivity index (χ4v) is 1.89. The molecule has 2 aromatic rings. The molecule has 0 bridgehead atoms. The number of hydrogen-bond donors (Lipinski definition) is 0. The van der Waals surface area contributed by atoms with Gasteiger partial charge >= 0.3 is 5.97 Å². The lowest BCUT2D eigenvalue weighted by Gasteiger charge is -2.09. The average molecular weight is 318 g/mol. The first-order chi connectivity index (χ1) is 11.0. The molecule has 0 aromatic heterocycles. The van der Waals surface area contributed by atoms with Gasteiger partial charge in [-0.1, -0.05) is 0 Å². The van der Waals surface area contributed by atoms with E-state index in [1.807, 2.05) is 0 Å². The van der Waals surface area contributed by atoms with E-state index in [4.69, 9.17) is 14.2 Å². The second-order valence-electron chi connectivity index (χ2n) is 4.58. The van der Waals surface area contributed by atoms with Crippen LogP contribution in [0.5, 0.6) is 11.5 Å². The highest BCUT2D eigenvalue weighted by Crippen LogP contribution is 2.27. The second-order valence-corrected chi connectivity index (χ2v) is 4.58. The number of ether oxygens (including phenoxy) is 3. The highest BCUT2D eigenvalue weighted by Gasteiger charge is 2.14. The van der Waals surface area contributed by atoms with Gasteiger partial charge in [0.2, 0.25) is 0 Å². The van der Waals surface area contributed by atoms with Crippen molar-refractivity contribution in [3.05, 3.63) is 59.4 Å². The van der Waals surface area contributed by atoms with Crippen molar-refractivity contribution in [2.24, 2.45) is 0 Å². The SMILES string of the molecule is COc1ccc(C(=O)COC(=O)c2ccc(F)cc2)cc1OC. The summed E-state index contributed by atoms with van der Waals surface area (Å²) in [5.41, 5.74) is 0.501. The zero-order chi connectivity index (χ0) is 16.8. The molecular formula is C17H15FO5. The van der Waals surface area contributed by atoms with Crippen LogP contribution in [-0.4, -0.2) is 32.6 Å². The van der Waals surface area contributed by atoms with Gasteiger partial charge in [0.15, 0.2) is 23.9 Å². The van der Waals surface area contributed by atoms with Crippen LogP contribution in [0.1, 0.15) is 20.7 Å². The molecular weight excluding hydrogens is 303 g/mol. The highest BCUT2D eigenvalue weighted by atomic mass is 19.1. The van der Waals surface area contributed by atoms with Crippen molar-refractivity contribution in [1.29, 1.82) is 0 Å². The Hall–Kier alpha value is -2.89. The molecule has 120 valence electrons. The molecule has 0 N–H and O–H groups in total. The summed E-state index contributed by atoms with van der Waals surface area (Å²) in [5.74, 6) is -0.640. The Morgan fingerprint density at radius 1 is 0.913 bits per heavy atom. The van der Waals surface area contributed by atoms with E-state index in [9.17, 15) is 14.0 Å². The Bertz CT molecular complexity index is 709. The quantitative estimate of drug-likeness (QED) is 0.605. The summed E-state index contributed by atoms with van der Waals surface area (Å²) in [5, 5.41) is 0. The van der Waals surface area contributed by atoms with E-state index in [0.29, 0.717) is 17.1 Å². The lowest BCUT2D eigenvalue weighted by atomic mass is 10.1. The summed E-state index contributed by atoms with van der Waals surface area (Å²) in [4.78, 5) is 23.8. The molecule has 0 heterocycles. The first-order valence-corrected chi connectivity index (χ1v) is 6.73. The fourth-order valence-electron chi connectivity index (χ4n) is 1.89. The topological polar surface area (TPSA) is 61.8 Å². The van der Waals surface area contributed by atoms with Gasteiger partial charge in [0.25, 0.3) is 0 Å². The van der Waals surface area contributed by atoms with Crippen molar-refractivity contribution >= 4 is 11.8 Å². The van der Waals surface area contributed by atoms with Gasteiger partial charge < -0.3 is 14.2 Å². The number of Topliss-reactive ketones (excluding diaryl/α,β-unsaturated/α-hetero) is 1. The predicted molar refractivity (Wildman–Crippen MR) is 80.6 cm³/mol. The predicted octanol–water partition coefficient (Wildman–Crippen LogP) is 2.88. The molecule has 23 heavy (non-hydrogen) atoms. The average Bonchev–Trinajstić information content (AvgIpc) is 2.59. The molecule has 0 atom stereocenters. The summed E-state index contributed by atoms with van der Waals surface area (Å²) in [6.45, 7) is -0.425. The number of rotatable bonds is 6. The number of ketones is 1. The van der Waals surface area contributed by atoms with E-state index >= 15 is 0 Å². The summed E-state index contributed by atoms with van der Waals surface area (Å²) < 4.78 is 27.9. The van der Waals surface area contributed by atoms with Crippen LogP contribution in [-0.2, 0) is 4.74 Å². The number of carbonyl (C=O) groups excluding carboxylic acids is 2. The van der Waals surface area contributed by atoms with Gasteiger partial charge in [-0.2, -0.15) is 0 Å². The number of methoxy groups -OCH3 is 2. The molecule has 0 saturated heterocycles. The van der Waals surface area contributed by atoms with Crippen LogP contribution in [0, 0.1) is 5.82 Å². The first-order valence-electron chi connectivity index (χ1n) is 6.73. The van der Waals surface area contributed by atoms with E-state index in [1.54, 1.807) is 12.1 Å². The Morgan fingerprint density at radius 2 is 1.52 bits per heavy atom. The number of carbonyl (C=O) groups is 2. The minimum Gasteiger partial charge on any atom is -0.493 e. The molecule has 6 heteroatoms. The zero-order valence-electron chi connectivity index (χ0n) is 12.7. The van der Waals surface area contributed by atoms with Crippen molar-refractivity contribution < 1.29 is 28.2 Å². The molecule has 2 rings (SSSR count). The van der Waals surface area contributed by atoms with Crippen LogP contribution in [0.2, 0.25) is 0 Å². The molecule has 5 nitrogen and oxygen atoms in total. The summed E-state index contributed by atoms with van der Waals surface area (Å²) in [6, 6.07) is 9.52. The molecule has 0 aliphatic carbocycles. The molecule has 0 spiro atoms. The molecule has 0 amide bonds. The molecule has 0 aliphatic rings. The lowest BCUT2D eigenvalue weighted by Crippen LogP contribution is -2.14. The van der Waals surface area contributed by atoms with Gasteiger partial charge in [0, 0.05) is 5.56 Å². The highest BCUT2D eigenvalue weighted by molar-refractivity contribution is 5.99. The van der Waals surface area contributed by atoms with Gasteiger partial charge in [-0.05, 0) is 42.5 Å². The fraction of sp³-hybridized carbons (Fsp3) is 0.176. The van der Waals surface area contributed by atoms with Gasteiger partial charge in [0.1, 0.15) is 5.82 Å². The summed E-state index contributed by atoms with van der Waals surface area (Å²) in [6.07, 6.45) is 0. The zero-order valence-corrected chi connectivity index (χ0v) is 12.7. The van der Waals surface area contributed by atoms with E-state index in [0.717, 1.165) is 12.1 Å². The van der Waals surface area contributed by atoms with Crippen LogP contribution in [0.25, 0.3) is 0 Å². The van der Waals surface area contributed by atoms with Crippen LogP contribution in [0.4, 0.5) is 4.39 Å².